The number of hydrogen-bond acceptors (Lipinski definition) is 5. The summed E-state index contributed by atoms with van der Waals surface area (Å²) in [5.41, 5.74) is 7.26. The molecule has 2 amide bonds. The van der Waals surface area contributed by atoms with Crippen molar-refractivity contribution >= 4 is 39.1 Å². The number of nitrogens with one attached hydrogen (secondary N) is 2. The molecule has 1 aromatic heterocycles. The monoisotopic (exact) mass is 368 g/mol. The number of fused-ring (bicyclic) bond motifs is 1. The molecule has 0 unspecified atom stereocenters. The topological polar surface area (TPSA) is 74.3 Å². The predicted molar refractivity (Wildman–Crippen MR) is 104 cm³/mol. The molecule has 7 heteroatoms. The molecule has 0 saturated carbocycles. The van der Waals surface area contributed by atoms with Gasteiger partial charge in [-0.3, -0.25) is 20.4 Å². The van der Waals surface area contributed by atoms with Gasteiger partial charge in [0.15, 0.2) is 0 Å². The number of carbonyl (C=O) groups excluding carboxylic acids is 2. The van der Waals surface area contributed by atoms with E-state index in [4.69, 9.17) is 0 Å². The van der Waals surface area contributed by atoms with E-state index in [0.717, 1.165) is 20.9 Å². The fourth-order valence-electron chi connectivity index (χ4n) is 2.43. The molecule has 3 rings (SSSR count). The van der Waals surface area contributed by atoms with E-state index in [0.29, 0.717) is 12.0 Å². The van der Waals surface area contributed by atoms with Gasteiger partial charge in [0.2, 0.25) is 5.91 Å². The molecule has 2 N–H and O–H groups in total. The first kappa shape index (κ1) is 17.9. The number of para-hydroxylation sites is 1. The van der Waals surface area contributed by atoms with Crippen molar-refractivity contribution in [3.63, 3.8) is 0 Å². The highest BCUT2D eigenvalue weighted by atomic mass is 32.1. The van der Waals surface area contributed by atoms with Gasteiger partial charge in [0.25, 0.3) is 5.91 Å². The summed E-state index contributed by atoms with van der Waals surface area (Å²) in [6.07, 6.45) is 0.801. The van der Waals surface area contributed by atoms with Crippen LogP contribution in [0, 0.1) is 0 Å². The van der Waals surface area contributed by atoms with Gasteiger partial charge < -0.3 is 4.90 Å². The molecule has 0 aliphatic carbocycles. The van der Waals surface area contributed by atoms with E-state index in [-0.39, 0.29) is 18.2 Å². The Morgan fingerprint density at radius 1 is 1.08 bits per heavy atom. The van der Waals surface area contributed by atoms with Crippen molar-refractivity contribution in [1.82, 2.24) is 15.8 Å². The molecular weight excluding hydrogens is 348 g/mol. The van der Waals surface area contributed by atoms with E-state index < -0.39 is 0 Å². The molecule has 134 valence electrons. The fraction of sp³-hybridized carbons (Fsp3) is 0.211. The zero-order valence-electron chi connectivity index (χ0n) is 14.7. The van der Waals surface area contributed by atoms with Crippen LogP contribution in [0.3, 0.4) is 0 Å². The standard InChI is InChI=1S/C19H20N4O2S/c1-23(2)14-7-5-6-13(12-14)19(25)22-21-17(24)10-11-18-20-15-8-3-4-9-16(15)26-18/h3-9,12H,10-11H2,1-2H3,(H,21,24)(H,22,25). The van der Waals surface area contributed by atoms with Crippen molar-refractivity contribution in [3.05, 3.63) is 59.1 Å². The molecular formula is C19H20N4O2S. The molecule has 2 aromatic carbocycles. The van der Waals surface area contributed by atoms with Crippen LogP contribution >= 0.6 is 11.3 Å². The van der Waals surface area contributed by atoms with E-state index >= 15 is 0 Å². The maximum Gasteiger partial charge on any atom is 0.269 e. The van der Waals surface area contributed by atoms with E-state index in [1.807, 2.05) is 49.3 Å². The second-order valence-corrected chi connectivity index (χ2v) is 7.14. The second-order valence-electron chi connectivity index (χ2n) is 6.02. The van der Waals surface area contributed by atoms with Gasteiger partial charge in [0, 0.05) is 38.2 Å². The number of carbonyl (C=O) groups is 2. The van der Waals surface area contributed by atoms with Crippen molar-refractivity contribution in [2.75, 3.05) is 19.0 Å². The number of anilines is 1. The number of hydrogen-bond donors (Lipinski definition) is 2. The summed E-state index contributed by atoms with van der Waals surface area (Å²) in [7, 11) is 3.81. The fourth-order valence-corrected chi connectivity index (χ4v) is 3.40. The highest BCUT2D eigenvalue weighted by molar-refractivity contribution is 7.18. The van der Waals surface area contributed by atoms with Gasteiger partial charge in [-0.15, -0.1) is 11.3 Å². The lowest BCUT2D eigenvalue weighted by molar-refractivity contribution is -0.121. The van der Waals surface area contributed by atoms with Crippen molar-refractivity contribution in [2.24, 2.45) is 0 Å². The zero-order chi connectivity index (χ0) is 18.5. The smallest absolute Gasteiger partial charge is 0.269 e. The van der Waals surface area contributed by atoms with Gasteiger partial charge in [0.1, 0.15) is 0 Å². The maximum atomic E-state index is 12.2. The molecule has 0 bridgehead atoms. The van der Waals surface area contributed by atoms with Gasteiger partial charge in [-0.1, -0.05) is 18.2 Å². The Bertz CT molecular complexity index is 903. The SMILES string of the molecule is CN(C)c1cccc(C(=O)NNC(=O)CCc2nc3ccccc3s2)c1. The number of thiazole rings is 1. The Kier molecular flexibility index (Phi) is 5.48. The average Bonchev–Trinajstić information content (AvgIpc) is 3.07. The lowest BCUT2D eigenvalue weighted by Gasteiger charge is -2.13. The quantitative estimate of drug-likeness (QED) is 0.679. The largest absolute Gasteiger partial charge is 0.378 e. The lowest BCUT2D eigenvalue weighted by atomic mass is 10.2. The summed E-state index contributed by atoms with van der Waals surface area (Å²) in [5.74, 6) is -0.594. The Hall–Kier alpha value is -2.93. The maximum absolute atomic E-state index is 12.2. The van der Waals surface area contributed by atoms with Crippen molar-refractivity contribution in [2.45, 2.75) is 12.8 Å². The van der Waals surface area contributed by atoms with E-state index in [1.54, 1.807) is 29.5 Å². The number of aryl methyl sites for hydroxylation is 1. The molecule has 0 aliphatic heterocycles. The molecule has 0 saturated heterocycles. The normalized spacial score (nSPS) is 10.5. The van der Waals surface area contributed by atoms with Gasteiger partial charge >= 0.3 is 0 Å². The highest BCUT2D eigenvalue weighted by Gasteiger charge is 2.10. The number of rotatable bonds is 5. The molecule has 3 aromatic rings. The van der Waals surface area contributed by atoms with E-state index in [2.05, 4.69) is 15.8 Å². The Labute approximate surface area is 155 Å². The molecule has 0 fully saturated rings. The van der Waals surface area contributed by atoms with Crippen molar-refractivity contribution in [1.29, 1.82) is 0 Å². The second kappa shape index (κ2) is 7.97. The van der Waals surface area contributed by atoms with Crippen LogP contribution < -0.4 is 15.8 Å². The van der Waals surface area contributed by atoms with Gasteiger partial charge in [-0.25, -0.2) is 4.98 Å². The van der Waals surface area contributed by atoms with Crippen LogP contribution in [-0.2, 0) is 11.2 Å². The molecule has 0 radical (unpaired) electrons. The third-order valence-electron chi connectivity index (χ3n) is 3.84. The summed E-state index contributed by atoms with van der Waals surface area (Å²) in [4.78, 5) is 30.6. The third kappa shape index (κ3) is 4.37. The average molecular weight is 368 g/mol. The Balaban J connectivity index is 1.50. The van der Waals surface area contributed by atoms with Crippen LogP contribution in [0.1, 0.15) is 21.8 Å². The Morgan fingerprint density at radius 2 is 1.88 bits per heavy atom. The minimum atomic E-state index is -0.345. The number of amides is 2. The van der Waals surface area contributed by atoms with Crippen LogP contribution in [0.25, 0.3) is 10.2 Å². The van der Waals surface area contributed by atoms with Crippen LogP contribution in [0.5, 0.6) is 0 Å². The minimum Gasteiger partial charge on any atom is -0.378 e. The predicted octanol–water partition coefficient (Wildman–Crippen LogP) is 2.76. The molecule has 6 nitrogen and oxygen atoms in total. The molecule has 26 heavy (non-hydrogen) atoms. The Morgan fingerprint density at radius 3 is 2.65 bits per heavy atom. The van der Waals surface area contributed by atoms with Gasteiger partial charge in [0.05, 0.1) is 15.2 Å². The summed E-state index contributed by atoms with van der Waals surface area (Å²) < 4.78 is 1.11. The summed E-state index contributed by atoms with van der Waals surface area (Å²) in [6.45, 7) is 0. The first-order valence-electron chi connectivity index (χ1n) is 8.24. The minimum absolute atomic E-state index is 0.249. The number of hydrazine groups is 1. The molecule has 0 aliphatic rings. The lowest BCUT2D eigenvalue weighted by Crippen LogP contribution is -2.41. The highest BCUT2D eigenvalue weighted by Crippen LogP contribution is 2.22. The molecule has 1 heterocycles. The van der Waals surface area contributed by atoms with Crippen LogP contribution in [0.4, 0.5) is 5.69 Å². The molecule has 0 atom stereocenters. The van der Waals surface area contributed by atoms with Gasteiger partial charge in [-0.05, 0) is 30.3 Å². The van der Waals surface area contributed by atoms with E-state index in [1.165, 1.54) is 0 Å². The van der Waals surface area contributed by atoms with Crippen LogP contribution in [0.15, 0.2) is 48.5 Å². The van der Waals surface area contributed by atoms with Crippen LogP contribution in [0.2, 0.25) is 0 Å². The summed E-state index contributed by atoms with van der Waals surface area (Å²) >= 11 is 1.58. The first-order valence-corrected chi connectivity index (χ1v) is 9.05. The number of benzene rings is 2. The van der Waals surface area contributed by atoms with E-state index in [9.17, 15) is 9.59 Å². The third-order valence-corrected chi connectivity index (χ3v) is 4.94. The summed E-state index contributed by atoms with van der Waals surface area (Å²) in [5, 5.41) is 0.909. The summed E-state index contributed by atoms with van der Waals surface area (Å²) in [6, 6.07) is 15.1. The van der Waals surface area contributed by atoms with Crippen molar-refractivity contribution in [3.8, 4) is 0 Å². The number of aromatic nitrogens is 1. The molecule has 0 spiro atoms. The number of nitrogens with zero attached hydrogens (tertiary/aromatic N) is 2. The van der Waals surface area contributed by atoms with Crippen LogP contribution in [-0.4, -0.2) is 30.9 Å². The first-order chi connectivity index (χ1) is 12.5. The van der Waals surface area contributed by atoms with Gasteiger partial charge in [-0.2, -0.15) is 0 Å². The zero-order valence-corrected chi connectivity index (χ0v) is 15.5. The van der Waals surface area contributed by atoms with Crippen molar-refractivity contribution < 1.29 is 9.59 Å².